The monoisotopic (exact) mass is 659 g/mol. The van der Waals surface area contributed by atoms with Crippen molar-refractivity contribution < 1.29 is 4.42 Å². The van der Waals surface area contributed by atoms with Gasteiger partial charge in [-0.15, -0.1) is 0 Å². The number of para-hydroxylation sites is 3. The molecule has 0 amide bonds. The maximum absolute atomic E-state index is 6.54. The Kier molecular flexibility index (Phi) is 6.27. The minimum atomic E-state index is -0.284. The van der Waals surface area contributed by atoms with Crippen LogP contribution in [0.5, 0.6) is 0 Å². The van der Waals surface area contributed by atoms with Crippen LogP contribution in [0.25, 0.3) is 71.2 Å². The van der Waals surface area contributed by atoms with E-state index in [0.717, 1.165) is 38.7 Å². The molecule has 1 aliphatic rings. The molecule has 0 spiro atoms. The molecule has 3 N–H and O–H groups in total. The molecule has 0 bridgehead atoms. The van der Waals surface area contributed by atoms with E-state index in [1.54, 1.807) is 0 Å². The van der Waals surface area contributed by atoms with Gasteiger partial charge in [0.1, 0.15) is 17.5 Å². The third-order valence-electron chi connectivity index (χ3n) is 10.6. The first-order chi connectivity index (χ1) is 25.3. The van der Waals surface area contributed by atoms with E-state index < -0.39 is 0 Å². The third kappa shape index (κ3) is 4.28. The molecule has 0 aliphatic carbocycles. The molecule has 51 heavy (non-hydrogen) atoms. The Labute approximate surface area is 293 Å². The van der Waals surface area contributed by atoms with Gasteiger partial charge in [0.05, 0.1) is 39.8 Å². The summed E-state index contributed by atoms with van der Waals surface area (Å²) >= 11 is 0. The smallest absolute Gasteiger partial charge is 0.142 e. The highest BCUT2D eigenvalue weighted by atomic mass is 16.3. The van der Waals surface area contributed by atoms with Gasteiger partial charge in [-0.25, -0.2) is 0 Å². The first-order valence-corrected chi connectivity index (χ1v) is 17.6. The third-order valence-corrected chi connectivity index (χ3v) is 10.6. The number of nitrogens with zero attached hydrogens (tertiary/aromatic N) is 2. The summed E-state index contributed by atoms with van der Waals surface area (Å²) in [5.41, 5.74) is 9.91. The molecule has 0 radical (unpaired) electrons. The summed E-state index contributed by atoms with van der Waals surface area (Å²) < 4.78 is 11.5. The summed E-state index contributed by atoms with van der Waals surface area (Å²) in [6.45, 7) is 0. The van der Waals surface area contributed by atoms with Crippen molar-refractivity contribution in [3.05, 3.63) is 175 Å². The number of benzene rings is 7. The molecule has 2 atom stereocenters. The summed E-state index contributed by atoms with van der Waals surface area (Å²) in [6, 6.07) is 58.2. The largest absolute Gasteiger partial charge is 0.456 e. The molecule has 6 nitrogen and oxygen atoms in total. The lowest BCUT2D eigenvalue weighted by atomic mass is 10.1. The van der Waals surface area contributed by atoms with E-state index in [4.69, 9.17) is 4.42 Å². The van der Waals surface area contributed by atoms with Crippen molar-refractivity contribution >= 4 is 65.6 Å². The van der Waals surface area contributed by atoms with Crippen molar-refractivity contribution in [3.8, 4) is 5.69 Å². The van der Waals surface area contributed by atoms with Crippen LogP contribution in [0.15, 0.2) is 168 Å². The summed E-state index contributed by atoms with van der Waals surface area (Å²) in [7, 11) is 0. The van der Waals surface area contributed by atoms with E-state index in [-0.39, 0.29) is 18.6 Å². The van der Waals surface area contributed by atoms with Crippen LogP contribution in [0.4, 0.5) is 0 Å². The van der Waals surface area contributed by atoms with E-state index >= 15 is 0 Å². The number of aromatic nitrogens is 2. The van der Waals surface area contributed by atoms with Crippen LogP contribution in [0.2, 0.25) is 0 Å². The Hall–Kier alpha value is -6.18. The van der Waals surface area contributed by atoms with Crippen LogP contribution < -0.4 is 16.0 Å². The van der Waals surface area contributed by atoms with E-state index in [0.29, 0.717) is 0 Å². The Balaban J connectivity index is 1.28. The Morgan fingerprint density at radius 2 is 1.02 bits per heavy atom. The quantitative estimate of drug-likeness (QED) is 0.176. The molecule has 1 aliphatic heterocycles. The molecular formula is C45H33N5O. The number of hydrogen-bond donors (Lipinski definition) is 3. The van der Waals surface area contributed by atoms with Gasteiger partial charge in [0, 0.05) is 32.6 Å². The highest BCUT2D eigenvalue weighted by molar-refractivity contribution is 6.30. The number of fused-ring (bicyclic) bond motifs is 11. The highest BCUT2D eigenvalue weighted by Crippen LogP contribution is 2.45. The fourth-order valence-electron chi connectivity index (χ4n) is 8.45. The SMILES string of the molecule is c1ccc(C2NC(c3ccccc3)NC(n3c4ccc5c6ccccc6n(-c6ccccc6)c5c4c4ccc5oc6ccccc6c5c43)N2)cc1. The lowest BCUT2D eigenvalue weighted by Gasteiger charge is -2.40. The standard InChI is InChI=1S/C45H33N5O/c1-4-14-28(15-5-1)43-46-44(29-16-6-2-7-17-29)48-45(47-43)50-36-26-24-32-31-20-10-12-22-35(31)49(30-18-8-3-9-19-30)41(32)39(36)34-25-27-38-40(42(34)50)33-21-11-13-23-37(33)51-38/h1-27,43-48H. The van der Waals surface area contributed by atoms with Crippen LogP contribution in [-0.4, -0.2) is 9.13 Å². The second-order valence-corrected chi connectivity index (χ2v) is 13.4. The molecule has 0 saturated carbocycles. The van der Waals surface area contributed by atoms with Gasteiger partial charge in [0.2, 0.25) is 0 Å². The van der Waals surface area contributed by atoms with Crippen LogP contribution in [-0.2, 0) is 0 Å². The molecule has 10 aromatic rings. The minimum absolute atomic E-state index is 0.116. The number of nitrogens with one attached hydrogen (secondary N) is 3. The first kappa shape index (κ1) is 28.6. The van der Waals surface area contributed by atoms with Gasteiger partial charge in [-0.2, -0.15) is 0 Å². The molecule has 1 saturated heterocycles. The fraction of sp³-hybridized carbons (Fsp3) is 0.0667. The Morgan fingerprint density at radius 3 is 1.75 bits per heavy atom. The van der Waals surface area contributed by atoms with Gasteiger partial charge in [-0.1, -0.05) is 121 Å². The van der Waals surface area contributed by atoms with Crippen LogP contribution in [0.3, 0.4) is 0 Å². The van der Waals surface area contributed by atoms with E-state index in [1.807, 2.05) is 6.07 Å². The van der Waals surface area contributed by atoms with Crippen molar-refractivity contribution in [2.24, 2.45) is 0 Å². The van der Waals surface area contributed by atoms with Crippen LogP contribution >= 0.6 is 0 Å². The Morgan fingerprint density at radius 1 is 0.412 bits per heavy atom. The minimum Gasteiger partial charge on any atom is -0.456 e. The first-order valence-electron chi connectivity index (χ1n) is 17.6. The van der Waals surface area contributed by atoms with Gasteiger partial charge in [-0.05, 0) is 53.6 Å². The number of hydrogen-bond acceptors (Lipinski definition) is 4. The molecular weight excluding hydrogens is 627 g/mol. The molecule has 3 aromatic heterocycles. The maximum atomic E-state index is 6.54. The lowest BCUT2D eigenvalue weighted by molar-refractivity contribution is 0.161. The normalized spacial score (nSPS) is 18.2. The molecule has 244 valence electrons. The average molecular weight is 660 g/mol. The number of rotatable bonds is 4. The second kappa shape index (κ2) is 11.2. The van der Waals surface area contributed by atoms with Gasteiger partial charge in [-0.3, -0.25) is 16.0 Å². The van der Waals surface area contributed by atoms with Crippen LogP contribution in [0.1, 0.15) is 29.7 Å². The highest BCUT2D eigenvalue weighted by Gasteiger charge is 2.33. The van der Waals surface area contributed by atoms with Gasteiger partial charge in [0.25, 0.3) is 0 Å². The summed E-state index contributed by atoms with van der Waals surface area (Å²) in [4.78, 5) is 0. The van der Waals surface area contributed by atoms with Crippen molar-refractivity contribution in [1.29, 1.82) is 0 Å². The summed E-state index contributed by atoms with van der Waals surface area (Å²) in [6.07, 6.45) is -0.516. The molecule has 6 heteroatoms. The number of furan rings is 1. The molecule has 4 heterocycles. The summed E-state index contributed by atoms with van der Waals surface area (Å²) in [5, 5.41) is 18.9. The van der Waals surface area contributed by atoms with Crippen molar-refractivity contribution in [2.45, 2.75) is 18.6 Å². The predicted molar refractivity (Wildman–Crippen MR) is 208 cm³/mol. The molecule has 1 fully saturated rings. The molecule has 7 aromatic carbocycles. The zero-order valence-corrected chi connectivity index (χ0v) is 27.6. The van der Waals surface area contributed by atoms with Gasteiger partial charge in [0.15, 0.2) is 0 Å². The van der Waals surface area contributed by atoms with Gasteiger partial charge < -0.3 is 13.6 Å². The molecule has 2 unspecified atom stereocenters. The van der Waals surface area contributed by atoms with Crippen molar-refractivity contribution in [3.63, 3.8) is 0 Å². The second-order valence-electron chi connectivity index (χ2n) is 13.4. The topological polar surface area (TPSA) is 59.1 Å². The van der Waals surface area contributed by atoms with E-state index in [1.165, 1.54) is 43.7 Å². The fourth-order valence-corrected chi connectivity index (χ4v) is 8.45. The van der Waals surface area contributed by atoms with Crippen molar-refractivity contribution in [1.82, 2.24) is 25.1 Å². The lowest BCUT2D eigenvalue weighted by Crippen LogP contribution is -2.56. The zero-order valence-electron chi connectivity index (χ0n) is 27.6. The molecule has 11 rings (SSSR count). The average Bonchev–Trinajstić information content (AvgIpc) is 3.86. The van der Waals surface area contributed by atoms with E-state index in [9.17, 15) is 0 Å². The predicted octanol–water partition coefficient (Wildman–Crippen LogP) is 10.4. The summed E-state index contributed by atoms with van der Waals surface area (Å²) in [5.74, 6) is 0. The van der Waals surface area contributed by atoms with Crippen molar-refractivity contribution in [2.75, 3.05) is 0 Å². The zero-order chi connectivity index (χ0) is 33.5. The Bertz CT molecular complexity index is 2860. The van der Waals surface area contributed by atoms with Gasteiger partial charge >= 0.3 is 0 Å². The van der Waals surface area contributed by atoms with Crippen LogP contribution in [0, 0.1) is 0 Å². The maximum Gasteiger partial charge on any atom is 0.142 e. The van der Waals surface area contributed by atoms with E-state index in [2.05, 4.69) is 183 Å².